The molecular formula is C18H16N6. The second-order valence-corrected chi connectivity index (χ2v) is 5.44. The van der Waals surface area contributed by atoms with Crippen LogP contribution in [0.2, 0.25) is 0 Å². The highest BCUT2D eigenvalue weighted by atomic mass is 15.3. The molecule has 0 saturated heterocycles. The Balaban J connectivity index is 1.65. The van der Waals surface area contributed by atoms with Gasteiger partial charge in [0.2, 0.25) is 5.95 Å². The van der Waals surface area contributed by atoms with Gasteiger partial charge in [0.05, 0.1) is 0 Å². The monoisotopic (exact) mass is 316 g/mol. The molecule has 0 bridgehead atoms. The Kier molecular flexibility index (Phi) is 3.55. The predicted octanol–water partition coefficient (Wildman–Crippen LogP) is 3.91. The zero-order chi connectivity index (χ0) is 16.4. The van der Waals surface area contributed by atoms with Gasteiger partial charge in [-0.15, -0.1) is 5.10 Å². The molecule has 0 aliphatic rings. The molecule has 0 radical (unpaired) electrons. The van der Waals surface area contributed by atoms with E-state index in [-0.39, 0.29) is 0 Å². The van der Waals surface area contributed by atoms with Crippen molar-refractivity contribution in [3.8, 4) is 22.5 Å². The fourth-order valence-corrected chi connectivity index (χ4v) is 2.63. The highest BCUT2D eigenvalue weighted by Gasteiger charge is 2.14. The summed E-state index contributed by atoms with van der Waals surface area (Å²) in [4.78, 5) is 4.49. The Hall–Kier alpha value is -3.41. The van der Waals surface area contributed by atoms with Gasteiger partial charge in [0.25, 0.3) is 0 Å². The van der Waals surface area contributed by atoms with Crippen LogP contribution in [0.15, 0.2) is 60.7 Å². The van der Waals surface area contributed by atoms with Crippen LogP contribution in [0, 0.1) is 6.92 Å². The molecule has 6 nitrogen and oxygen atoms in total. The molecule has 0 aliphatic heterocycles. The van der Waals surface area contributed by atoms with Gasteiger partial charge in [0.1, 0.15) is 0 Å². The molecule has 0 fully saturated rings. The molecule has 118 valence electrons. The van der Waals surface area contributed by atoms with E-state index < -0.39 is 0 Å². The SMILES string of the molecule is Cc1[nH]nc(Nc2n[nH]c(-c3ccccc3)n2)c1-c1ccccc1. The van der Waals surface area contributed by atoms with Crippen LogP contribution in [0.25, 0.3) is 22.5 Å². The number of hydrogen-bond donors (Lipinski definition) is 3. The average Bonchev–Trinajstić information content (AvgIpc) is 3.24. The van der Waals surface area contributed by atoms with E-state index in [0.717, 1.165) is 22.4 Å². The van der Waals surface area contributed by atoms with E-state index in [0.29, 0.717) is 17.6 Å². The number of benzene rings is 2. The fraction of sp³-hybridized carbons (Fsp3) is 0.0556. The van der Waals surface area contributed by atoms with Gasteiger partial charge in [-0.3, -0.25) is 10.2 Å². The molecular weight excluding hydrogens is 300 g/mol. The zero-order valence-electron chi connectivity index (χ0n) is 13.1. The molecule has 0 spiro atoms. The van der Waals surface area contributed by atoms with Gasteiger partial charge in [-0.05, 0) is 12.5 Å². The first-order valence-electron chi connectivity index (χ1n) is 7.66. The molecule has 0 saturated carbocycles. The Morgan fingerprint density at radius 1 is 0.792 bits per heavy atom. The standard InChI is InChI=1S/C18H16N6/c1-12-15(13-8-4-2-5-9-13)17(23-21-12)20-18-19-16(22-24-18)14-10-6-3-7-11-14/h2-11H,1H3,(H3,19,20,21,22,23,24). The average molecular weight is 316 g/mol. The minimum atomic E-state index is 0.484. The minimum Gasteiger partial charge on any atom is -0.305 e. The smallest absolute Gasteiger partial charge is 0.248 e. The first-order valence-corrected chi connectivity index (χ1v) is 7.66. The van der Waals surface area contributed by atoms with Gasteiger partial charge in [0, 0.05) is 16.8 Å². The number of aromatic nitrogens is 5. The van der Waals surface area contributed by atoms with Gasteiger partial charge in [0.15, 0.2) is 11.6 Å². The first kappa shape index (κ1) is 14.2. The maximum absolute atomic E-state index is 4.49. The summed E-state index contributed by atoms with van der Waals surface area (Å²) in [6.07, 6.45) is 0. The Morgan fingerprint density at radius 3 is 2.17 bits per heavy atom. The van der Waals surface area contributed by atoms with Crippen molar-refractivity contribution >= 4 is 11.8 Å². The number of nitrogens with zero attached hydrogens (tertiary/aromatic N) is 3. The maximum Gasteiger partial charge on any atom is 0.248 e. The molecule has 0 atom stereocenters. The number of hydrogen-bond acceptors (Lipinski definition) is 4. The predicted molar refractivity (Wildman–Crippen MR) is 93.9 cm³/mol. The maximum atomic E-state index is 4.49. The van der Waals surface area contributed by atoms with Crippen LogP contribution < -0.4 is 5.32 Å². The Labute approximate surface area is 139 Å². The van der Waals surface area contributed by atoms with Crippen LogP contribution >= 0.6 is 0 Å². The van der Waals surface area contributed by atoms with Crippen molar-refractivity contribution in [2.75, 3.05) is 5.32 Å². The van der Waals surface area contributed by atoms with Crippen molar-refractivity contribution in [2.24, 2.45) is 0 Å². The quantitative estimate of drug-likeness (QED) is 0.533. The molecule has 24 heavy (non-hydrogen) atoms. The number of aryl methyl sites for hydroxylation is 1. The summed E-state index contributed by atoms with van der Waals surface area (Å²) in [6, 6.07) is 20.0. The zero-order valence-corrected chi connectivity index (χ0v) is 13.1. The van der Waals surface area contributed by atoms with Crippen LogP contribution in [-0.4, -0.2) is 25.4 Å². The van der Waals surface area contributed by atoms with E-state index >= 15 is 0 Å². The lowest BCUT2D eigenvalue weighted by Crippen LogP contribution is -1.95. The number of rotatable bonds is 4. The third-order valence-corrected chi connectivity index (χ3v) is 3.77. The van der Waals surface area contributed by atoms with Crippen LogP contribution in [-0.2, 0) is 0 Å². The van der Waals surface area contributed by atoms with Gasteiger partial charge >= 0.3 is 0 Å². The number of anilines is 2. The number of nitrogens with one attached hydrogen (secondary N) is 3. The van der Waals surface area contributed by atoms with Gasteiger partial charge in [-0.2, -0.15) is 10.1 Å². The molecule has 0 unspecified atom stereocenters. The van der Waals surface area contributed by atoms with Crippen molar-refractivity contribution in [1.29, 1.82) is 0 Å². The summed E-state index contributed by atoms with van der Waals surface area (Å²) in [7, 11) is 0. The Bertz CT molecular complexity index is 940. The number of H-pyrrole nitrogens is 2. The third-order valence-electron chi connectivity index (χ3n) is 3.77. The normalized spacial score (nSPS) is 10.7. The van der Waals surface area contributed by atoms with Gasteiger partial charge in [-0.25, -0.2) is 0 Å². The van der Waals surface area contributed by atoms with E-state index in [1.54, 1.807) is 0 Å². The lowest BCUT2D eigenvalue weighted by molar-refractivity contribution is 1.04. The minimum absolute atomic E-state index is 0.484. The third kappa shape index (κ3) is 2.65. The van der Waals surface area contributed by atoms with E-state index in [2.05, 4.69) is 42.8 Å². The summed E-state index contributed by atoms with van der Waals surface area (Å²) in [5.74, 6) is 1.90. The lowest BCUT2D eigenvalue weighted by Gasteiger charge is -2.04. The summed E-state index contributed by atoms with van der Waals surface area (Å²) < 4.78 is 0. The fourth-order valence-electron chi connectivity index (χ4n) is 2.63. The molecule has 3 N–H and O–H groups in total. The highest BCUT2D eigenvalue weighted by molar-refractivity contribution is 5.79. The summed E-state index contributed by atoms with van der Waals surface area (Å²) in [5.41, 5.74) is 4.08. The largest absolute Gasteiger partial charge is 0.305 e. The van der Waals surface area contributed by atoms with Crippen molar-refractivity contribution in [2.45, 2.75) is 6.92 Å². The van der Waals surface area contributed by atoms with Crippen molar-refractivity contribution in [1.82, 2.24) is 25.4 Å². The van der Waals surface area contributed by atoms with Gasteiger partial charge in [-0.1, -0.05) is 60.7 Å². The molecule has 4 aromatic rings. The second-order valence-electron chi connectivity index (χ2n) is 5.44. The van der Waals surface area contributed by atoms with E-state index in [1.165, 1.54) is 0 Å². The van der Waals surface area contributed by atoms with Crippen molar-refractivity contribution in [3.05, 3.63) is 66.4 Å². The highest BCUT2D eigenvalue weighted by Crippen LogP contribution is 2.30. The van der Waals surface area contributed by atoms with Crippen molar-refractivity contribution in [3.63, 3.8) is 0 Å². The summed E-state index contributed by atoms with van der Waals surface area (Å²) >= 11 is 0. The molecule has 6 heteroatoms. The molecule has 0 amide bonds. The number of aromatic amines is 2. The van der Waals surface area contributed by atoms with E-state index in [1.807, 2.05) is 55.5 Å². The Morgan fingerprint density at radius 2 is 1.46 bits per heavy atom. The summed E-state index contributed by atoms with van der Waals surface area (Å²) in [5, 5.41) is 17.7. The second kappa shape index (κ2) is 6.00. The lowest BCUT2D eigenvalue weighted by atomic mass is 10.1. The molecule has 0 aliphatic carbocycles. The molecule has 4 rings (SSSR count). The van der Waals surface area contributed by atoms with Crippen LogP contribution in [0.3, 0.4) is 0 Å². The van der Waals surface area contributed by atoms with Crippen molar-refractivity contribution < 1.29 is 0 Å². The summed E-state index contributed by atoms with van der Waals surface area (Å²) in [6.45, 7) is 1.99. The van der Waals surface area contributed by atoms with E-state index in [9.17, 15) is 0 Å². The van der Waals surface area contributed by atoms with Crippen LogP contribution in [0.1, 0.15) is 5.69 Å². The topological polar surface area (TPSA) is 82.3 Å². The van der Waals surface area contributed by atoms with Crippen LogP contribution in [0.5, 0.6) is 0 Å². The van der Waals surface area contributed by atoms with Gasteiger partial charge < -0.3 is 5.32 Å². The van der Waals surface area contributed by atoms with Crippen LogP contribution in [0.4, 0.5) is 11.8 Å². The molecule has 2 aromatic heterocycles. The molecule has 2 heterocycles. The first-order chi connectivity index (χ1) is 11.8. The molecule has 2 aromatic carbocycles. The van der Waals surface area contributed by atoms with E-state index in [4.69, 9.17) is 0 Å².